The number of pyridine rings is 1. The Kier molecular flexibility index (Phi) is 4.31. The lowest BCUT2D eigenvalue weighted by molar-refractivity contribution is 0.0712. The second-order valence-corrected chi connectivity index (χ2v) is 6.36. The van der Waals surface area contributed by atoms with Crippen LogP contribution in [0.5, 0.6) is 0 Å². The highest BCUT2D eigenvalue weighted by molar-refractivity contribution is 7.14. The van der Waals surface area contributed by atoms with Crippen molar-refractivity contribution in [3.63, 3.8) is 0 Å². The topological polar surface area (TPSA) is 53.4 Å². The molecule has 1 N–H and O–H groups in total. The molecule has 0 spiro atoms. The van der Waals surface area contributed by atoms with E-state index >= 15 is 0 Å². The lowest BCUT2D eigenvalue weighted by Crippen LogP contribution is -2.32. The number of fused-ring (bicyclic) bond motifs is 1. The lowest BCUT2D eigenvalue weighted by Gasteiger charge is -2.21. The molecule has 2 aromatic heterocycles. The normalized spacial score (nSPS) is 13.2. The molecule has 1 amide bonds. The molecule has 0 saturated heterocycles. The zero-order chi connectivity index (χ0) is 14.7. The number of rotatable bonds is 5. The first kappa shape index (κ1) is 14.2. The summed E-state index contributed by atoms with van der Waals surface area (Å²) in [6.07, 6.45) is 6.85. The fourth-order valence-electron chi connectivity index (χ4n) is 2.68. The first-order chi connectivity index (χ1) is 10.3. The Morgan fingerprint density at radius 1 is 1.43 bits per heavy atom. The van der Waals surface area contributed by atoms with Crippen LogP contribution in [0.4, 0.5) is 0 Å². The highest BCUT2D eigenvalue weighted by Gasteiger charge is 2.22. The average molecular weight is 302 g/mol. The van der Waals surface area contributed by atoms with Crippen LogP contribution in [0.2, 0.25) is 0 Å². The summed E-state index contributed by atoms with van der Waals surface area (Å²) in [5, 5.41) is 9.22. The third-order valence-corrected chi connectivity index (χ3v) is 4.94. The average Bonchev–Trinajstić information content (AvgIpc) is 3.08. The number of aliphatic hydroxyl groups excluding tert-OH is 1. The van der Waals surface area contributed by atoms with Crippen LogP contribution in [-0.4, -0.2) is 34.0 Å². The third kappa shape index (κ3) is 3.14. The minimum absolute atomic E-state index is 0.00676. The summed E-state index contributed by atoms with van der Waals surface area (Å²) in [7, 11) is 0. The second-order valence-electron chi connectivity index (χ2n) is 5.22. The number of thiophene rings is 1. The van der Waals surface area contributed by atoms with E-state index in [1.165, 1.54) is 16.9 Å². The number of carbonyl (C=O) groups is 1. The molecular formula is C16H18N2O2S. The van der Waals surface area contributed by atoms with E-state index in [0.29, 0.717) is 13.1 Å². The number of hydrogen-bond donors (Lipinski definition) is 1. The molecule has 21 heavy (non-hydrogen) atoms. The summed E-state index contributed by atoms with van der Waals surface area (Å²) >= 11 is 1.61. The van der Waals surface area contributed by atoms with Crippen LogP contribution >= 0.6 is 11.3 Å². The Labute approximate surface area is 128 Å². The van der Waals surface area contributed by atoms with Crippen LogP contribution in [0.3, 0.4) is 0 Å². The van der Waals surface area contributed by atoms with Gasteiger partial charge in [0, 0.05) is 30.4 Å². The fourth-order valence-corrected chi connectivity index (χ4v) is 3.90. The first-order valence-corrected chi connectivity index (χ1v) is 8.00. The number of aromatic nitrogens is 1. The second kappa shape index (κ2) is 6.37. The molecule has 0 unspecified atom stereocenters. The zero-order valence-electron chi connectivity index (χ0n) is 11.8. The molecular weight excluding hydrogens is 284 g/mol. The summed E-state index contributed by atoms with van der Waals surface area (Å²) in [5.74, 6) is 0.00676. The number of hydrogen-bond acceptors (Lipinski definition) is 4. The number of amides is 1. The van der Waals surface area contributed by atoms with E-state index in [1.807, 2.05) is 18.2 Å². The molecule has 4 nitrogen and oxygen atoms in total. The predicted molar refractivity (Wildman–Crippen MR) is 82.4 cm³/mol. The van der Waals surface area contributed by atoms with Gasteiger partial charge < -0.3 is 10.0 Å². The first-order valence-electron chi connectivity index (χ1n) is 7.18. The monoisotopic (exact) mass is 302 g/mol. The van der Waals surface area contributed by atoms with Crippen molar-refractivity contribution in [2.45, 2.75) is 25.8 Å². The van der Waals surface area contributed by atoms with Gasteiger partial charge in [-0.2, -0.15) is 0 Å². The van der Waals surface area contributed by atoms with Crippen LogP contribution in [-0.2, 0) is 19.4 Å². The molecule has 0 atom stereocenters. The molecule has 0 saturated carbocycles. The number of aliphatic hydroxyl groups is 1. The highest BCUT2D eigenvalue weighted by Crippen LogP contribution is 2.31. The van der Waals surface area contributed by atoms with Crippen LogP contribution in [0.15, 0.2) is 30.6 Å². The maximum atomic E-state index is 12.6. The molecule has 110 valence electrons. The van der Waals surface area contributed by atoms with E-state index < -0.39 is 0 Å². The molecule has 5 heteroatoms. The van der Waals surface area contributed by atoms with Gasteiger partial charge in [0.25, 0.3) is 5.91 Å². The van der Waals surface area contributed by atoms with Crippen molar-refractivity contribution >= 4 is 17.2 Å². The van der Waals surface area contributed by atoms with Crippen LogP contribution in [0, 0.1) is 0 Å². The van der Waals surface area contributed by atoms with Crippen molar-refractivity contribution in [1.29, 1.82) is 0 Å². The fraction of sp³-hybridized carbons (Fsp3) is 0.375. The van der Waals surface area contributed by atoms with Crippen molar-refractivity contribution in [1.82, 2.24) is 9.88 Å². The maximum Gasteiger partial charge on any atom is 0.264 e. The summed E-state index contributed by atoms with van der Waals surface area (Å²) in [4.78, 5) is 20.6. The number of aryl methyl sites for hydroxylation is 2. The summed E-state index contributed by atoms with van der Waals surface area (Å²) in [5.41, 5.74) is 2.30. The van der Waals surface area contributed by atoms with Crippen molar-refractivity contribution in [2.75, 3.05) is 13.2 Å². The van der Waals surface area contributed by atoms with Crippen molar-refractivity contribution < 1.29 is 9.90 Å². The van der Waals surface area contributed by atoms with Gasteiger partial charge in [0.1, 0.15) is 0 Å². The van der Waals surface area contributed by atoms with E-state index in [9.17, 15) is 9.90 Å². The summed E-state index contributed by atoms with van der Waals surface area (Å²) in [6.45, 7) is 0.795. The highest BCUT2D eigenvalue weighted by atomic mass is 32.1. The third-order valence-electron chi connectivity index (χ3n) is 3.71. The lowest BCUT2D eigenvalue weighted by atomic mass is 10.2. The molecule has 0 bridgehead atoms. The maximum absolute atomic E-state index is 12.6. The zero-order valence-corrected chi connectivity index (χ0v) is 12.6. The SMILES string of the molecule is O=C(c1cc2c(s1)CCC2)N(CCO)Cc1cccnc1. The molecule has 1 aliphatic rings. The number of nitrogens with zero attached hydrogens (tertiary/aromatic N) is 2. The van der Waals surface area contributed by atoms with Gasteiger partial charge >= 0.3 is 0 Å². The number of carbonyl (C=O) groups excluding carboxylic acids is 1. The quantitative estimate of drug-likeness (QED) is 0.922. The Bertz CT molecular complexity index is 603. The molecule has 0 fully saturated rings. The largest absolute Gasteiger partial charge is 0.395 e. The van der Waals surface area contributed by atoms with Crippen molar-refractivity contribution in [3.8, 4) is 0 Å². The van der Waals surface area contributed by atoms with Crippen LogP contribution in [0.1, 0.15) is 32.1 Å². The molecule has 0 radical (unpaired) electrons. The molecule has 0 aliphatic heterocycles. The minimum atomic E-state index is -0.0307. The van der Waals surface area contributed by atoms with Gasteiger partial charge in [-0.05, 0) is 42.5 Å². The van der Waals surface area contributed by atoms with E-state index in [2.05, 4.69) is 4.98 Å². The van der Waals surface area contributed by atoms with E-state index in [4.69, 9.17) is 0 Å². The van der Waals surface area contributed by atoms with E-state index in [1.54, 1.807) is 28.6 Å². The van der Waals surface area contributed by atoms with Gasteiger partial charge in [0.05, 0.1) is 11.5 Å². The summed E-state index contributed by atoms with van der Waals surface area (Å²) < 4.78 is 0. The van der Waals surface area contributed by atoms with Gasteiger partial charge in [-0.25, -0.2) is 0 Å². The Morgan fingerprint density at radius 2 is 2.33 bits per heavy atom. The molecule has 2 aromatic rings. The smallest absolute Gasteiger partial charge is 0.264 e. The van der Waals surface area contributed by atoms with Gasteiger partial charge in [0.2, 0.25) is 0 Å². The standard InChI is InChI=1S/C16H18N2O2S/c19-8-7-18(11-12-3-2-6-17-10-12)16(20)15-9-13-4-1-5-14(13)21-15/h2-3,6,9-10,19H,1,4-5,7-8,11H2. The van der Waals surface area contributed by atoms with Gasteiger partial charge in [-0.1, -0.05) is 6.07 Å². The van der Waals surface area contributed by atoms with Gasteiger partial charge in [-0.15, -0.1) is 11.3 Å². The van der Waals surface area contributed by atoms with E-state index in [0.717, 1.165) is 23.3 Å². The molecule has 2 heterocycles. The van der Waals surface area contributed by atoms with Crippen LogP contribution < -0.4 is 0 Å². The molecule has 0 aromatic carbocycles. The van der Waals surface area contributed by atoms with Gasteiger partial charge in [-0.3, -0.25) is 9.78 Å². The molecule has 3 rings (SSSR count). The summed E-state index contributed by atoms with van der Waals surface area (Å²) in [6, 6.07) is 5.83. The Hall–Kier alpha value is -1.72. The Morgan fingerprint density at radius 3 is 3.05 bits per heavy atom. The Balaban J connectivity index is 1.77. The van der Waals surface area contributed by atoms with Gasteiger partial charge in [0.15, 0.2) is 0 Å². The molecule has 1 aliphatic carbocycles. The predicted octanol–water partition coefficient (Wildman–Crippen LogP) is 2.27. The van der Waals surface area contributed by atoms with Crippen molar-refractivity contribution in [3.05, 3.63) is 51.5 Å². The van der Waals surface area contributed by atoms with Crippen molar-refractivity contribution in [2.24, 2.45) is 0 Å². The van der Waals surface area contributed by atoms with E-state index in [-0.39, 0.29) is 12.5 Å². The minimum Gasteiger partial charge on any atom is -0.395 e. The van der Waals surface area contributed by atoms with Crippen LogP contribution in [0.25, 0.3) is 0 Å².